The third kappa shape index (κ3) is 3.93. The van der Waals surface area contributed by atoms with E-state index in [0.717, 1.165) is 0 Å². The zero-order valence-corrected chi connectivity index (χ0v) is 13.0. The molecule has 1 aromatic heterocycles. The fraction of sp³-hybridized carbons (Fsp3) is 0.692. The van der Waals surface area contributed by atoms with Gasteiger partial charge < -0.3 is 10.2 Å². The third-order valence-electron chi connectivity index (χ3n) is 3.33. The van der Waals surface area contributed by atoms with Gasteiger partial charge in [-0.3, -0.25) is 14.9 Å². The molecular weight excluding hydrogens is 274 g/mol. The van der Waals surface area contributed by atoms with Crippen molar-refractivity contribution >= 4 is 17.4 Å². The highest BCUT2D eigenvalue weighted by molar-refractivity contribution is 5.76. The van der Waals surface area contributed by atoms with Crippen molar-refractivity contribution in [1.82, 2.24) is 14.7 Å². The van der Waals surface area contributed by atoms with E-state index in [2.05, 4.69) is 10.4 Å². The third-order valence-corrected chi connectivity index (χ3v) is 3.33. The zero-order chi connectivity index (χ0) is 16.0. The van der Waals surface area contributed by atoms with E-state index in [-0.39, 0.29) is 11.6 Å². The van der Waals surface area contributed by atoms with Crippen LogP contribution >= 0.6 is 0 Å². The van der Waals surface area contributed by atoms with Gasteiger partial charge in [-0.05, 0) is 27.7 Å². The Morgan fingerprint density at radius 2 is 2.00 bits per heavy atom. The molecule has 0 saturated carbocycles. The van der Waals surface area contributed by atoms with E-state index in [4.69, 9.17) is 0 Å². The zero-order valence-electron chi connectivity index (χ0n) is 13.0. The van der Waals surface area contributed by atoms with Crippen molar-refractivity contribution in [2.75, 3.05) is 25.0 Å². The van der Waals surface area contributed by atoms with Crippen LogP contribution in [0.2, 0.25) is 0 Å². The summed E-state index contributed by atoms with van der Waals surface area (Å²) in [6, 6.07) is 0. The van der Waals surface area contributed by atoms with E-state index in [0.29, 0.717) is 44.1 Å². The number of aryl methyl sites for hydroxylation is 2. The molecule has 1 aromatic rings. The lowest BCUT2D eigenvalue weighted by molar-refractivity contribution is -0.384. The molecule has 1 amide bonds. The molecule has 1 rings (SSSR count). The SMILES string of the molecule is CCN(CC)C(=O)CCNc1c([N+](=O)[O-])c(C)nn1CC. The predicted molar refractivity (Wildman–Crippen MR) is 80.3 cm³/mol. The van der Waals surface area contributed by atoms with Gasteiger partial charge in [-0.25, -0.2) is 4.68 Å². The molecule has 0 bridgehead atoms. The normalized spacial score (nSPS) is 10.5. The number of carbonyl (C=O) groups excluding carboxylic acids is 1. The van der Waals surface area contributed by atoms with E-state index in [1.165, 1.54) is 0 Å². The molecule has 1 N–H and O–H groups in total. The smallest absolute Gasteiger partial charge is 0.333 e. The number of nitro groups is 1. The van der Waals surface area contributed by atoms with E-state index in [1.807, 2.05) is 20.8 Å². The summed E-state index contributed by atoms with van der Waals surface area (Å²) in [6.07, 6.45) is 0.298. The summed E-state index contributed by atoms with van der Waals surface area (Å²) in [4.78, 5) is 24.3. The first-order chi connectivity index (χ1) is 9.96. The van der Waals surface area contributed by atoms with Crippen LogP contribution < -0.4 is 5.32 Å². The van der Waals surface area contributed by atoms with Crippen molar-refractivity contribution in [3.63, 3.8) is 0 Å². The highest BCUT2D eigenvalue weighted by Gasteiger charge is 2.24. The molecule has 0 fully saturated rings. The van der Waals surface area contributed by atoms with Gasteiger partial charge >= 0.3 is 5.69 Å². The average molecular weight is 297 g/mol. The van der Waals surface area contributed by atoms with Gasteiger partial charge in [0.15, 0.2) is 0 Å². The molecule has 8 heteroatoms. The lowest BCUT2D eigenvalue weighted by Gasteiger charge is -2.18. The molecule has 0 aliphatic rings. The maximum Gasteiger partial charge on any atom is 0.333 e. The van der Waals surface area contributed by atoms with Crippen molar-refractivity contribution in [3.8, 4) is 0 Å². The van der Waals surface area contributed by atoms with Gasteiger partial charge in [-0.15, -0.1) is 0 Å². The molecule has 0 unspecified atom stereocenters. The van der Waals surface area contributed by atoms with Crippen LogP contribution in [0, 0.1) is 17.0 Å². The fourth-order valence-corrected chi connectivity index (χ4v) is 2.22. The van der Waals surface area contributed by atoms with Crippen molar-refractivity contribution in [1.29, 1.82) is 0 Å². The minimum absolute atomic E-state index is 0.0212. The van der Waals surface area contributed by atoms with Crippen molar-refractivity contribution in [3.05, 3.63) is 15.8 Å². The Morgan fingerprint density at radius 1 is 1.38 bits per heavy atom. The van der Waals surface area contributed by atoms with E-state index in [9.17, 15) is 14.9 Å². The van der Waals surface area contributed by atoms with Gasteiger partial charge in [-0.2, -0.15) is 5.10 Å². The van der Waals surface area contributed by atoms with Crippen LogP contribution in [0.3, 0.4) is 0 Å². The Kier molecular flexibility index (Phi) is 6.13. The lowest BCUT2D eigenvalue weighted by Crippen LogP contribution is -2.31. The first-order valence-corrected chi connectivity index (χ1v) is 7.19. The number of rotatable bonds is 8. The molecule has 0 radical (unpaired) electrons. The number of nitrogens with one attached hydrogen (secondary N) is 1. The fourth-order valence-electron chi connectivity index (χ4n) is 2.22. The highest BCUT2D eigenvalue weighted by atomic mass is 16.6. The second-order valence-electron chi connectivity index (χ2n) is 4.60. The largest absolute Gasteiger partial charge is 0.364 e. The number of amides is 1. The van der Waals surface area contributed by atoms with Crippen LogP contribution in [-0.4, -0.2) is 45.1 Å². The summed E-state index contributed by atoms with van der Waals surface area (Å²) in [5.74, 6) is 0.404. The van der Waals surface area contributed by atoms with Crippen molar-refractivity contribution in [2.24, 2.45) is 0 Å². The second kappa shape index (κ2) is 7.61. The molecular formula is C13H23N5O3. The van der Waals surface area contributed by atoms with Crippen LogP contribution in [0.4, 0.5) is 11.5 Å². The van der Waals surface area contributed by atoms with Crippen LogP contribution in [0.15, 0.2) is 0 Å². The Hall–Kier alpha value is -2.12. The van der Waals surface area contributed by atoms with E-state index < -0.39 is 4.92 Å². The van der Waals surface area contributed by atoms with Crippen LogP contribution in [0.1, 0.15) is 32.9 Å². The topological polar surface area (TPSA) is 93.3 Å². The van der Waals surface area contributed by atoms with Gasteiger partial charge in [-0.1, -0.05) is 0 Å². The summed E-state index contributed by atoms with van der Waals surface area (Å²) in [6.45, 7) is 9.54. The second-order valence-corrected chi connectivity index (χ2v) is 4.60. The Morgan fingerprint density at radius 3 is 2.48 bits per heavy atom. The predicted octanol–water partition coefficient (Wildman–Crippen LogP) is 1.79. The number of hydrogen-bond acceptors (Lipinski definition) is 5. The van der Waals surface area contributed by atoms with Gasteiger partial charge in [0.25, 0.3) is 0 Å². The Labute approximate surface area is 124 Å². The van der Waals surface area contributed by atoms with Crippen LogP contribution in [0.5, 0.6) is 0 Å². The molecule has 0 saturated heterocycles. The van der Waals surface area contributed by atoms with Gasteiger partial charge in [0.05, 0.1) is 4.92 Å². The van der Waals surface area contributed by atoms with Crippen LogP contribution in [0.25, 0.3) is 0 Å². The van der Waals surface area contributed by atoms with Gasteiger partial charge in [0.2, 0.25) is 11.7 Å². The summed E-state index contributed by atoms with van der Waals surface area (Å²) in [5, 5.41) is 18.2. The first-order valence-electron chi connectivity index (χ1n) is 7.19. The van der Waals surface area contributed by atoms with E-state index >= 15 is 0 Å². The minimum atomic E-state index is -0.441. The number of carbonyl (C=O) groups is 1. The molecule has 0 atom stereocenters. The Balaban J connectivity index is 2.75. The molecule has 1 heterocycles. The number of anilines is 1. The molecule has 0 aliphatic carbocycles. The summed E-state index contributed by atoms with van der Waals surface area (Å²) >= 11 is 0. The van der Waals surface area contributed by atoms with Crippen LogP contribution in [-0.2, 0) is 11.3 Å². The Bertz CT molecular complexity index is 508. The molecule has 0 aromatic carbocycles. The maximum absolute atomic E-state index is 11.9. The molecule has 0 spiro atoms. The monoisotopic (exact) mass is 297 g/mol. The lowest BCUT2D eigenvalue weighted by atomic mass is 10.3. The molecule has 21 heavy (non-hydrogen) atoms. The number of hydrogen-bond donors (Lipinski definition) is 1. The summed E-state index contributed by atoms with van der Waals surface area (Å²) in [7, 11) is 0. The molecule has 8 nitrogen and oxygen atoms in total. The quantitative estimate of drug-likeness (QED) is 0.583. The standard InChI is InChI=1S/C13H23N5O3/c1-5-16(6-2)11(19)8-9-14-13-12(18(20)21)10(4)15-17(13)7-3/h14H,5-9H2,1-4H3. The maximum atomic E-state index is 11.9. The molecule has 0 aliphatic heterocycles. The summed E-state index contributed by atoms with van der Waals surface area (Å²) in [5.41, 5.74) is 0.353. The average Bonchev–Trinajstić information content (AvgIpc) is 2.76. The van der Waals surface area contributed by atoms with Gasteiger partial charge in [0.1, 0.15) is 5.69 Å². The number of aromatic nitrogens is 2. The van der Waals surface area contributed by atoms with Crippen molar-refractivity contribution < 1.29 is 9.72 Å². The van der Waals surface area contributed by atoms with E-state index in [1.54, 1.807) is 16.5 Å². The van der Waals surface area contributed by atoms with Gasteiger partial charge in [0, 0.05) is 32.6 Å². The van der Waals surface area contributed by atoms with Crippen molar-refractivity contribution in [2.45, 2.75) is 40.7 Å². The highest BCUT2D eigenvalue weighted by Crippen LogP contribution is 2.27. The first kappa shape index (κ1) is 16.9. The summed E-state index contributed by atoms with van der Waals surface area (Å²) < 4.78 is 1.55. The molecule has 118 valence electrons. The number of nitrogens with zero attached hydrogens (tertiary/aromatic N) is 4. The minimum Gasteiger partial charge on any atom is -0.364 e.